The molecule has 0 radical (unpaired) electrons. The summed E-state index contributed by atoms with van der Waals surface area (Å²) in [5.41, 5.74) is 7.01. The molecule has 2 aliphatic rings. The highest BCUT2D eigenvalue weighted by Gasteiger charge is 2.40. The van der Waals surface area contributed by atoms with Crippen LogP contribution < -0.4 is 9.47 Å². The first-order valence-electron chi connectivity index (χ1n) is 11.8. The van der Waals surface area contributed by atoms with Gasteiger partial charge in [-0.3, -0.25) is 4.79 Å². The first-order valence-corrected chi connectivity index (χ1v) is 12.6. The van der Waals surface area contributed by atoms with E-state index in [9.17, 15) is 4.79 Å². The molecule has 5 aromatic rings. The molecule has 2 aliphatic heterocycles. The molecule has 0 saturated heterocycles. The van der Waals surface area contributed by atoms with Crippen LogP contribution in [0.5, 0.6) is 11.5 Å². The normalized spacial score (nSPS) is 16.1. The van der Waals surface area contributed by atoms with E-state index in [0.717, 1.165) is 60.4 Å². The molecule has 0 spiro atoms. The smallest absolute Gasteiger partial charge is 0.255 e. The number of aromatic amines is 1. The number of carbonyl (C=O) groups excluding carboxylic acids is 1. The standard InChI is InChI=1S/C30H21BrN2O3/c31-20-12-10-19(11-13-20)28-27(23-7-3-4-8-24(23)32-28)29-21-5-1-2-6-22(21)30(34)33(29)16-18-9-14-25-26(15-18)36-17-35-25/h1-15,29,32H,16-17H2. The van der Waals surface area contributed by atoms with Crippen molar-refractivity contribution >= 4 is 32.7 Å². The van der Waals surface area contributed by atoms with Crippen LogP contribution in [-0.2, 0) is 6.54 Å². The van der Waals surface area contributed by atoms with Crippen LogP contribution in [0, 0.1) is 0 Å². The van der Waals surface area contributed by atoms with Crippen molar-refractivity contribution in [2.24, 2.45) is 0 Å². The molecule has 6 heteroatoms. The predicted octanol–water partition coefficient (Wildman–Crippen LogP) is 7.07. The van der Waals surface area contributed by atoms with Gasteiger partial charge in [0.15, 0.2) is 11.5 Å². The van der Waals surface area contributed by atoms with E-state index in [-0.39, 0.29) is 18.7 Å². The van der Waals surface area contributed by atoms with Crippen LogP contribution in [0.15, 0.2) is 95.5 Å². The number of nitrogens with one attached hydrogen (secondary N) is 1. The summed E-state index contributed by atoms with van der Waals surface area (Å²) in [6.45, 7) is 0.676. The van der Waals surface area contributed by atoms with Crippen LogP contribution in [0.25, 0.3) is 22.2 Å². The van der Waals surface area contributed by atoms with Crippen LogP contribution in [0.3, 0.4) is 0 Å². The van der Waals surface area contributed by atoms with Gasteiger partial charge >= 0.3 is 0 Å². The minimum atomic E-state index is -0.242. The highest BCUT2D eigenvalue weighted by Crippen LogP contribution is 2.46. The second kappa shape index (κ2) is 8.28. The van der Waals surface area contributed by atoms with Gasteiger partial charge in [-0.05, 0) is 53.1 Å². The van der Waals surface area contributed by atoms with Crippen molar-refractivity contribution in [3.05, 3.63) is 118 Å². The lowest BCUT2D eigenvalue weighted by molar-refractivity contribution is 0.0737. The number of H-pyrrole nitrogens is 1. The third-order valence-electron chi connectivity index (χ3n) is 7.00. The predicted molar refractivity (Wildman–Crippen MR) is 142 cm³/mol. The maximum absolute atomic E-state index is 13.8. The first kappa shape index (κ1) is 21.3. The summed E-state index contributed by atoms with van der Waals surface area (Å²) in [5, 5.41) is 1.11. The van der Waals surface area contributed by atoms with E-state index in [2.05, 4.69) is 57.3 Å². The number of fused-ring (bicyclic) bond motifs is 3. The van der Waals surface area contributed by atoms with Gasteiger partial charge in [0.1, 0.15) is 0 Å². The van der Waals surface area contributed by atoms with Gasteiger partial charge in [-0.25, -0.2) is 0 Å². The molecule has 3 heterocycles. The molecule has 1 N–H and O–H groups in total. The molecule has 0 bridgehead atoms. The number of amides is 1. The number of ether oxygens (including phenoxy) is 2. The van der Waals surface area contributed by atoms with Crippen LogP contribution in [0.4, 0.5) is 0 Å². The molecule has 0 saturated carbocycles. The number of nitrogens with zero attached hydrogens (tertiary/aromatic N) is 1. The van der Waals surface area contributed by atoms with Crippen LogP contribution in [0.2, 0.25) is 0 Å². The second-order valence-corrected chi connectivity index (χ2v) is 9.99. The number of aromatic nitrogens is 1. The molecular formula is C30H21BrN2O3. The minimum absolute atomic E-state index is 0.0281. The summed E-state index contributed by atoms with van der Waals surface area (Å²) in [6, 6.07) is 30.2. The highest BCUT2D eigenvalue weighted by atomic mass is 79.9. The van der Waals surface area contributed by atoms with E-state index >= 15 is 0 Å². The number of hydrogen-bond acceptors (Lipinski definition) is 3. The molecule has 5 nitrogen and oxygen atoms in total. The lowest BCUT2D eigenvalue weighted by atomic mass is 9.93. The van der Waals surface area contributed by atoms with Gasteiger partial charge in [0.2, 0.25) is 6.79 Å². The van der Waals surface area contributed by atoms with E-state index in [1.807, 2.05) is 59.5 Å². The SMILES string of the molecule is O=C1c2ccccc2C(c2c(-c3ccc(Br)cc3)[nH]c3ccccc23)N1Cc1ccc2c(c1)OCO2. The molecule has 7 rings (SSSR count). The number of carbonyl (C=O) groups is 1. The van der Waals surface area contributed by atoms with Gasteiger partial charge in [0.25, 0.3) is 5.91 Å². The number of para-hydroxylation sites is 1. The third-order valence-corrected chi connectivity index (χ3v) is 7.53. The quantitative estimate of drug-likeness (QED) is 0.267. The van der Waals surface area contributed by atoms with Gasteiger partial charge in [-0.1, -0.05) is 70.5 Å². The monoisotopic (exact) mass is 536 g/mol. The molecule has 4 aromatic carbocycles. The second-order valence-electron chi connectivity index (χ2n) is 9.08. The van der Waals surface area contributed by atoms with E-state index in [0.29, 0.717) is 6.54 Å². The molecular weight excluding hydrogens is 516 g/mol. The zero-order valence-electron chi connectivity index (χ0n) is 19.2. The first-order chi connectivity index (χ1) is 17.7. The summed E-state index contributed by atoms with van der Waals surface area (Å²) in [4.78, 5) is 19.4. The largest absolute Gasteiger partial charge is 0.454 e. The van der Waals surface area contributed by atoms with Gasteiger partial charge in [0.05, 0.1) is 11.7 Å². The molecule has 1 aromatic heterocycles. The average molecular weight is 537 g/mol. The molecule has 176 valence electrons. The van der Waals surface area contributed by atoms with Crippen molar-refractivity contribution in [1.82, 2.24) is 9.88 Å². The number of benzene rings is 4. The highest BCUT2D eigenvalue weighted by molar-refractivity contribution is 9.10. The summed E-state index contributed by atoms with van der Waals surface area (Å²) >= 11 is 3.55. The fraction of sp³-hybridized carbons (Fsp3) is 0.100. The van der Waals surface area contributed by atoms with Crippen molar-refractivity contribution in [1.29, 1.82) is 0 Å². The van der Waals surface area contributed by atoms with Crippen molar-refractivity contribution in [3.8, 4) is 22.8 Å². The Bertz CT molecular complexity index is 1640. The summed E-state index contributed by atoms with van der Waals surface area (Å²) in [7, 11) is 0. The molecule has 36 heavy (non-hydrogen) atoms. The summed E-state index contributed by atoms with van der Waals surface area (Å²) in [6.07, 6.45) is 0. The average Bonchev–Trinajstić information content (AvgIpc) is 3.59. The Morgan fingerprint density at radius 1 is 0.889 bits per heavy atom. The van der Waals surface area contributed by atoms with Crippen molar-refractivity contribution in [2.75, 3.05) is 6.79 Å². The van der Waals surface area contributed by atoms with E-state index in [1.165, 1.54) is 0 Å². The van der Waals surface area contributed by atoms with Crippen molar-refractivity contribution in [2.45, 2.75) is 12.6 Å². The Morgan fingerprint density at radius 3 is 2.56 bits per heavy atom. The van der Waals surface area contributed by atoms with E-state index in [1.54, 1.807) is 0 Å². The Labute approximate surface area is 216 Å². The zero-order chi connectivity index (χ0) is 24.2. The summed E-state index contributed by atoms with van der Waals surface area (Å²) in [5.74, 6) is 1.48. The van der Waals surface area contributed by atoms with Gasteiger partial charge in [0, 0.05) is 33.0 Å². The van der Waals surface area contributed by atoms with Crippen LogP contribution in [0.1, 0.15) is 33.1 Å². The minimum Gasteiger partial charge on any atom is -0.454 e. The van der Waals surface area contributed by atoms with Crippen LogP contribution >= 0.6 is 15.9 Å². The summed E-state index contributed by atoms with van der Waals surface area (Å²) < 4.78 is 12.1. The van der Waals surface area contributed by atoms with Gasteiger partial charge in [-0.2, -0.15) is 0 Å². The Morgan fingerprint density at radius 2 is 1.67 bits per heavy atom. The molecule has 1 amide bonds. The fourth-order valence-corrected chi connectivity index (χ4v) is 5.64. The Hall–Kier alpha value is -4.03. The van der Waals surface area contributed by atoms with Gasteiger partial charge in [-0.15, -0.1) is 0 Å². The number of rotatable bonds is 4. The van der Waals surface area contributed by atoms with Crippen LogP contribution in [-0.4, -0.2) is 22.6 Å². The van der Waals surface area contributed by atoms with Gasteiger partial charge < -0.3 is 19.4 Å². The molecule has 1 atom stereocenters. The maximum atomic E-state index is 13.8. The Kier molecular flexibility index (Phi) is 4.89. The number of halogens is 1. The fourth-order valence-electron chi connectivity index (χ4n) is 5.37. The van der Waals surface area contributed by atoms with E-state index in [4.69, 9.17) is 9.47 Å². The van der Waals surface area contributed by atoms with E-state index < -0.39 is 0 Å². The molecule has 0 fully saturated rings. The topological polar surface area (TPSA) is 54.6 Å². The lowest BCUT2D eigenvalue weighted by Gasteiger charge is -2.27. The molecule has 0 aliphatic carbocycles. The zero-order valence-corrected chi connectivity index (χ0v) is 20.8. The lowest BCUT2D eigenvalue weighted by Crippen LogP contribution is -2.28. The maximum Gasteiger partial charge on any atom is 0.255 e. The molecule has 1 unspecified atom stereocenters. The van der Waals surface area contributed by atoms with Crippen molar-refractivity contribution in [3.63, 3.8) is 0 Å². The Balaban J connectivity index is 1.42. The van der Waals surface area contributed by atoms with Crippen molar-refractivity contribution < 1.29 is 14.3 Å². The third kappa shape index (κ3) is 3.33. The number of hydrogen-bond donors (Lipinski definition) is 1.